The van der Waals surface area contributed by atoms with Gasteiger partial charge in [0.05, 0.1) is 13.2 Å². The lowest BCUT2D eigenvalue weighted by Gasteiger charge is -2.10. The number of hydrogen-bond acceptors (Lipinski definition) is 2. The van der Waals surface area contributed by atoms with Crippen LogP contribution in [0.5, 0.6) is 0 Å². The van der Waals surface area contributed by atoms with Crippen molar-refractivity contribution >= 4 is 0 Å². The third-order valence-corrected chi connectivity index (χ3v) is 3.01. The highest BCUT2D eigenvalue weighted by atomic mass is 16.5. The first-order valence-electron chi connectivity index (χ1n) is 6.12. The Morgan fingerprint density at radius 3 is 2.67 bits per heavy atom. The summed E-state index contributed by atoms with van der Waals surface area (Å²) < 4.78 is 5.14. The van der Waals surface area contributed by atoms with Crippen molar-refractivity contribution in [3.63, 3.8) is 0 Å². The molecule has 0 aliphatic carbocycles. The molecule has 2 aromatic carbocycles. The summed E-state index contributed by atoms with van der Waals surface area (Å²) in [4.78, 5) is 0. The Bertz CT molecular complexity index is 506. The lowest BCUT2D eigenvalue weighted by molar-refractivity contribution is 0.202. The standard InChI is InChI=1S/C16H18O2/c1-18-10-9-14-6-2-3-8-16(14)15-7-4-5-13(11-15)12-17/h2-8,11,17H,9-10,12H2,1H3. The number of rotatable bonds is 5. The molecule has 0 saturated heterocycles. The Balaban J connectivity index is 2.36. The number of aliphatic hydroxyl groups excluding tert-OH is 1. The quantitative estimate of drug-likeness (QED) is 0.873. The first kappa shape index (κ1) is 12.8. The fourth-order valence-electron chi connectivity index (χ4n) is 2.07. The largest absolute Gasteiger partial charge is 0.392 e. The van der Waals surface area contributed by atoms with Crippen molar-refractivity contribution in [2.45, 2.75) is 13.0 Å². The molecule has 94 valence electrons. The van der Waals surface area contributed by atoms with Gasteiger partial charge in [0.25, 0.3) is 0 Å². The van der Waals surface area contributed by atoms with Gasteiger partial charge in [-0.2, -0.15) is 0 Å². The summed E-state index contributed by atoms with van der Waals surface area (Å²) in [7, 11) is 1.72. The van der Waals surface area contributed by atoms with Crippen LogP contribution in [0.4, 0.5) is 0 Å². The number of benzene rings is 2. The highest BCUT2D eigenvalue weighted by molar-refractivity contribution is 5.68. The second kappa shape index (κ2) is 6.34. The van der Waals surface area contributed by atoms with E-state index >= 15 is 0 Å². The van der Waals surface area contributed by atoms with Gasteiger partial charge in [-0.3, -0.25) is 0 Å². The van der Waals surface area contributed by atoms with Crippen LogP contribution in [-0.4, -0.2) is 18.8 Å². The van der Waals surface area contributed by atoms with E-state index in [1.54, 1.807) is 7.11 Å². The molecule has 0 aromatic heterocycles. The molecule has 0 fully saturated rings. The van der Waals surface area contributed by atoms with Gasteiger partial charge in [-0.05, 0) is 34.7 Å². The van der Waals surface area contributed by atoms with E-state index in [4.69, 9.17) is 4.74 Å². The molecule has 2 rings (SSSR count). The fourth-order valence-corrected chi connectivity index (χ4v) is 2.07. The summed E-state index contributed by atoms with van der Waals surface area (Å²) in [5.74, 6) is 0. The molecule has 0 spiro atoms. The molecular formula is C16H18O2. The van der Waals surface area contributed by atoms with Crippen LogP contribution >= 0.6 is 0 Å². The molecule has 0 unspecified atom stereocenters. The average molecular weight is 242 g/mol. The Morgan fingerprint density at radius 1 is 1.06 bits per heavy atom. The Labute approximate surface area is 108 Å². The average Bonchev–Trinajstić information content (AvgIpc) is 2.45. The molecule has 2 heteroatoms. The monoisotopic (exact) mass is 242 g/mol. The van der Waals surface area contributed by atoms with Crippen molar-refractivity contribution < 1.29 is 9.84 Å². The van der Waals surface area contributed by atoms with Crippen LogP contribution in [0, 0.1) is 0 Å². The summed E-state index contributed by atoms with van der Waals surface area (Å²) in [6.45, 7) is 0.796. The molecule has 2 nitrogen and oxygen atoms in total. The van der Waals surface area contributed by atoms with E-state index in [0.29, 0.717) is 0 Å². The van der Waals surface area contributed by atoms with E-state index in [9.17, 15) is 5.11 Å². The first-order chi connectivity index (χ1) is 8.85. The molecule has 1 N–H and O–H groups in total. The third-order valence-electron chi connectivity index (χ3n) is 3.01. The number of ether oxygens (including phenoxy) is 1. The maximum absolute atomic E-state index is 9.20. The van der Waals surface area contributed by atoms with Gasteiger partial charge in [-0.1, -0.05) is 42.5 Å². The lowest BCUT2D eigenvalue weighted by atomic mass is 9.97. The minimum atomic E-state index is 0.0775. The molecule has 0 saturated carbocycles. The van der Waals surface area contributed by atoms with Gasteiger partial charge >= 0.3 is 0 Å². The smallest absolute Gasteiger partial charge is 0.0682 e. The van der Waals surface area contributed by atoms with E-state index in [0.717, 1.165) is 24.2 Å². The molecule has 0 atom stereocenters. The molecule has 0 radical (unpaired) electrons. The zero-order valence-electron chi connectivity index (χ0n) is 10.6. The maximum atomic E-state index is 9.20. The minimum Gasteiger partial charge on any atom is -0.392 e. The van der Waals surface area contributed by atoms with Gasteiger partial charge in [0.15, 0.2) is 0 Å². The van der Waals surface area contributed by atoms with Gasteiger partial charge in [-0.15, -0.1) is 0 Å². The number of hydrogen-bond donors (Lipinski definition) is 1. The molecule has 0 heterocycles. The zero-order chi connectivity index (χ0) is 12.8. The second-order valence-corrected chi connectivity index (χ2v) is 4.26. The summed E-state index contributed by atoms with van der Waals surface area (Å²) in [6.07, 6.45) is 0.899. The summed E-state index contributed by atoms with van der Waals surface area (Å²) >= 11 is 0. The van der Waals surface area contributed by atoms with Gasteiger partial charge in [0.2, 0.25) is 0 Å². The van der Waals surface area contributed by atoms with E-state index < -0.39 is 0 Å². The topological polar surface area (TPSA) is 29.5 Å². The van der Waals surface area contributed by atoms with Crippen molar-refractivity contribution in [3.8, 4) is 11.1 Å². The summed E-state index contributed by atoms with van der Waals surface area (Å²) in [5.41, 5.74) is 4.57. The number of methoxy groups -OCH3 is 1. The van der Waals surface area contributed by atoms with E-state index in [-0.39, 0.29) is 6.61 Å². The van der Waals surface area contributed by atoms with Crippen LogP contribution in [0.2, 0.25) is 0 Å². The molecule has 0 aliphatic heterocycles. The Kier molecular flexibility index (Phi) is 4.51. The summed E-state index contributed by atoms with van der Waals surface area (Å²) in [6, 6.07) is 16.3. The fraction of sp³-hybridized carbons (Fsp3) is 0.250. The van der Waals surface area contributed by atoms with Crippen molar-refractivity contribution in [1.29, 1.82) is 0 Å². The third kappa shape index (κ3) is 2.97. The predicted molar refractivity (Wildman–Crippen MR) is 73.4 cm³/mol. The van der Waals surface area contributed by atoms with Crippen LogP contribution in [0.3, 0.4) is 0 Å². The van der Waals surface area contributed by atoms with Gasteiger partial charge in [-0.25, -0.2) is 0 Å². The molecule has 0 bridgehead atoms. The van der Waals surface area contributed by atoms with Crippen molar-refractivity contribution in [1.82, 2.24) is 0 Å². The van der Waals surface area contributed by atoms with Crippen LogP contribution < -0.4 is 0 Å². The van der Waals surface area contributed by atoms with Crippen LogP contribution in [0.25, 0.3) is 11.1 Å². The number of aliphatic hydroxyl groups is 1. The SMILES string of the molecule is COCCc1ccccc1-c1cccc(CO)c1. The summed E-state index contributed by atoms with van der Waals surface area (Å²) in [5, 5.41) is 9.20. The normalized spacial score (nSPS) is 10.6. The van der Waals surface area contributed by atoms with Crippen LogP contribution in [0.15, 0.2) is 48.5 Å². The minimum absolute atomic E-state index is 0.0775. The Hall–Kier alpha value is -1.64. The molecular weight excluding hydrogens is 224 g/mol. The predicted octanol–water partition coefficient (Wildman–Crippen LogP) is 3.03. The molecule has 0 amide bonds. The highest BCUT2D eigenvalue weighted by Gasteiger charge is 2.04. The molecule has 2 aromatic rings. The molecule has 0 aliphatic rings. The van der Waals surface area contributed by atoms with Crippen LogP contribution in [0.1, 0.15) is 11.1 Å². The van der Waals surface area contributed by atoms with Gasteiger partial charge in [0.1, 0.15) is 0 Å². The zero-order valence-corrected chi connectivity index (χ0v) is 10.6. The highest BCUT2D eigenvalue weighted by Crippen LogP contribution is 2.25. The van der Waals surface area contributed by atoms with E-state index in [2.05, 4.69) is 18.2 Å². The van der Waals surface area contributed by atoms with Gasteiger partial charge in [0, 0.05) is 7.11 Å². The maximum Gasteiger partial charge on any atom is 0.0682 e. The molecule has 18 heavy (non-hydrogen) atoms. The van der Waals surface area contributed by atoms with Gasteiger partial charge < -0.3 is 9.84 Å². The second-order valence-electron chi connectivity index (χ2n) is 4.26. The van der Waals surface area contributed by atoms with E-state index in [1.807, 2.05) is 30.3 Å². The first-order valence-corrected chi connectivity index (χ1v) is 6.12. The van der Waals surface area contributed by atoms with Crippen LogP contribution in [-0.2, 0) is 17.8 Å². The van der Waals surface area contributed by atoms with E-state index in [1.165, 1.54) is 11.1 Å². The lowest BCUT2D eigenvalue weighted by Crippen LogP contribution is -1.97. The Morgan fingerprint density at radius 2 is 1.89 bits per heavy atom. The van der Waals surface area contributed by atoms with Crippen molar-refractivity contribution in [2.75, 3.05) is 13.7 Å². The van der Waals surface area contributed by atoms with Crippen molar-refractivity contribution in [3.05, 3.63) is 59.7 Å². The van der Waals surface area contributed by atoms with Crippen molar-refractivity contribution in [2.24, 2.45) is 0 Å².